The number of rotatable bonds is 3. The highest BCUT2D eigenvalue weighted by Crippen LogP contribution is 2.22. The Balaban J connectivity index is 2.04. The standard InChI is InChI=1S/C12H21BN4O/c1-13(18)16(2)11-4-3-7-17(9-11)10-5-6-12(14)15-8-10/h5-6,8,11,18H,3-4,7,9H2,1-2H3,(H2,14,15)/t11-/m1/s1. The van der Waals surface area contributed by atoms with Gasteiger partial charge in [-0.05, 0) is 38.8 Å². The monoisotopic (exact) mass is 248 g/mol. The summed E-state index contributed by atoms with van der Waals surface area (Å²) in [5, 5.41) is 9.64. The van der Waals surface area contributed by atoms with Crippen LogP contribution in [0, 0.1) is 0 Å². The highest BCUT2D eigenvalue weighted by atomic mass is 16.2. The molecule has 0 spiro atoms. The van der Waals surface area contributed by atoms with E-state index in [1.54, 1.807) is 0 Å². The van der Waals surface area contributed by atoms with Crippen LogP contribution in [-0.4, -0.2) is 48.0 Å². The van der Waals surface area contributed by atoms with E-state index in [9.17, 15) is 5.02 Å². The maximum absolute atomic E-state index is 9.64. The molecule has 98 valence electrons. The van der Waals surface area contributed by atoms with Gasteiger partial charge in [-0.25, -0.2) is 4.98 Å². The first-order valence-electron chi connectivity index (χ1n) is 6.44. The molecule has 1 aromatic rings. The van der Waals surface area contributed by atoms with Crippen molar-refractivity contribution < 1.29 is 5.02 Å². The molecule has 0 amide bonds. The second kappa shape index (κ2) is 5.58. The number of nitrogens with zero attached hydrogens (tertiary/aromatic N) is 3. The molecule has 0 aliphatic carbocycles. The lowest BCUT2D eigenvalue weighted by molar-refractivity contribution is 0.291. The van der Waals surface area contributed by atoms with Crippen LogP contribution in [0.25, 0.3) is 0 Å². The van der Waals surface area contributed by atoms with E-state index < -0.39 is 7.05 Å². The quantitative estimate of drug-likeness (QED) is 0.770. The molecule has 1 aromatic heterocycles. The minimum Gasteiger partial charge on any atom is -0.437 e. The number of hydrogen-bond acceptors (Lipinski definition) is 5. The van der Waals surface area contributed by atoms with Crippen molar-refractivity contribution in [3.05, 3.63) is 18.3 Å². The van der Waals surface area contributed by atoms with Crippen LogP contribution in [0.1, 0.15) is 12.8 Å². The van der Waals surface area contributed by atoms with Gasteiger partial charge in [-0.3, -0.25) is 0 Å². The summed E-state index contributed by atoms with van der Waals surface area (Å²) < 4.78 is 0. The lowest BCUT2D eigenvalue weighted by Crippen LogP contribution is -2.51. The zero-order valence-electron chi connectivity index (χ0n) is 11.1. The van der Waals surface area contributed by atoms with Crippen LogP contribution < -0.4 is 10.6 Å². The Hall–Kier alpha value is -1.27. The maximum Gasteiger partial charge on any atom is 0.376 e. The molecule has 1 atom stereocenters. The predicted molar refractivity (Wildman–Crippen MR) is 75.5 cm³/mol. The van der Waals surface area contributed by atoms with Crippen LogP contribution in [0.3, 0.4) is 0 Å². The van der Waals surface area contributed by atoms with Crippen molar-refractivity contribution in [2.24, 2.45) is 0 Å². The van der Waals surface area contributed by atoms with Gasteiger partial charge in [-0.1, -0.05) is 0 Å². The Bertz CT molecular complexity index is 384. The van der Waals surface area contributed by atoms with Crippen LogP contribution in [-0.2, 0) is 0 Å². The van der Waals surface area contributed by atoms with Crippen molar-refractivity contribution >= 4 is 18.6 Å². The SMILES string of the molecule is CB(O)N(C)[C@@H]1CCCN(c2ccc(N)nc2)C1. The zero-order chi connectivity index (χ0) is 13.1. The van der Waals surface area contributed by atoms with Gasteiger partial charge < -0.3 is 20.5 Å². The first-order chi connectivity index (χ1) is 8.58. The number of hydrogen-bond donors (Lipinski definition) is 2. The minimum atomic E-state index is -0.403. The fourth-order valence-electron chi connectivity index (χ4n) is 2.41. The van der Waals surface area contributed by atoms with Gasteiger partial charge in [0.25, 0.3) is 0 Å². The predicted octanol–water partition coefficient (Wildman–Crippen LogP) is 0.675. The van der Waals surface area contributed by atoms with Crippen LogP contribution >= 0.6 is 0 Å². The smallest absolute Gasteiger partial charge is 0.376 e. The fraction of sp³-hybridized carbons (Fsp3) is 0.583. The maximum atomic E-state index is 9.64. The lowest BCUT2D eigenvalue weighted by atomic mass is 9.82. The van der Waals surface area contributed by atoms with Crippen LogP contribution in [0.4, 0.5) is 11.5 Å². The molecule has 0 saturated carbocycles. The number of likely N-dealkylation sites (N-methyl/N-ethyl adjacent to an activating group) is 1. The van der Waals surface area contributed by atoms with Gasteiger partial charge in [0.2, 0.25) is 0 Å². The third-order valence-electron chi connectivity index (χ3n) is 3.70. The number of anilines is 2. The van der Waals surface area contributed by atoms with Gasteiger partial charge in [0.05, 0.1) is 11.9 Å². The highest BCUT2D eigenvalue weighted by molar-refractivity contribution is 6.45. The van der Waals surface area contributed by atoms with Crippen LogP contribution in [0.5, 0.6) is 0 Å². The van der Waals surface area contributed by atoms with Crippen LogP contribution in [0.2, 0.25) is 6.82 Å². The summed E-state index contributed by atoms with van der Waals surface area (Å²) in [4.78, 5) is 8.46. The molecule has 2 heterocycles. The van der Waals surface area contributed by atoms with Gasteiger partial charge in [-0.15, -0.1) is 0 Å². The summed E-state index contributed by atoms with van der Waals surface area (Å²) in [5.41, 5.74) is 6.71. The van der Waals surface area contributed by atoms with Crippen molar-refractivity contribution in [1.82, 2.24) is 9.79 Å². The molecular formula is C12H21BN4O. The summed E-state index contributed by atoms with van der Waals surface area (Å²) in [7, 11) is 1.57. The average Bonchev–Trinajstić information content (AvgIpc) is 2.38. The third kappa shape index (κ3) is 2.94. The van der Waals surface area contributed by atoms with E-state index in [2.05, 4.69) is 9.88 Å². The minimum absolute atomic E-state index is 0.385. The zero-order valence-corrected chi connectivity index (χ0v) is 11.1. The third-order valence-corrected chi connectivity index (χ3v) is 3.70. The van der Waals surface area contributed by atoms with Crippen molar-refractivity contribution in [1.29, 1.82) is 0 Å². The molecule has 6 heteroatoms. The molecule has 1 saturated heterocycles. The van der Waals surface area contributed by atoms with Crippen molar-refractivity contribution in [2.75, 3.05) is 30.8 Å². The van der Waals surface area contributed by atoms with Crippen molar-refractivity contribution in [3.63, 3.8) is 0 Å². The Morgan fingerprint density at radius 2 is 2.33 bits per heavy atom. The molecule has 0 unspecified atom stereocenters. The molecular weight excluding hydrogens is 227 g/mol. The van der Waals surface area contributed by atoms with Gasteiger partial charge in [0.1, 0.15) is 5.82 Å². The van der Waals surface area contributed by atoms with Gasteiger partial charge >= 0.3 is 7.05 Å². The Morgan fingerprint density at radius 3 is 2.94 bits per heavy atom. The van der Waals surface area contributed by atoms with E-state index in [0.29, 0.717) is 11.9 Å². The highest BCUT2D eigenvalue weighted by Gasteiger charge is 2.26. The molecule has 3 N–H and O–H groups in total. The lowest BCUT2D eigenvalue weighted by Gasteiger charge is -2.39. The van der Waals surface area contributed by atoms with Gasteiger partial charge in [-0.2, -0.15) is 0 Å². The second-order valence-electron chi connectivity index (χ2n) is 4.98. The van der Waals surface area contributed by atoms with Crippen molar-refractivity contribution in [3.8, 4) is 0 Å². The van der Waals surface area contributed by atoms with Crippen molar-refractivity contribution in [2.45, 2.75) is 25.7 Å². The van der Waals surface area contributed by atoms with Crippen LogP contribution in [0.15, 0.2) is 18.3 Å². The summed E-state index contributed by atoms with van der Waals surface area (Å²) in [5.74, 6) is 0.549. The largest absolute Gasteiger partial charge is 0.437 e. The molecule has 1 aliphatic rings. The Morgan fingerprint density at radius 1 is 1.56 bits per heavy atom. The summed E-state index contributed by atoms with van der Waals surface area (Å²) in [6.45, 7) is 3.77. The number of nitrogen functional groups attached to an aromatic ring is 1. The molecule has 1 aliphatic heterocycles. The van der Waals surface area contributed by atoms with E-state index in [1.807, 2.05) is 37.0 Å². The molecule has 5 nitrogen and oxygen atoms in total. The number of aromatic nitrogens is 1. The van der Waals surface area contributed by atoms with Gasteiger partial charge in [0.15, 0.2) is 0 Å². The molecule has 1 fully saturated rings. The van der Waals surface area contributed by atoms with E-state index in [4.69, 9.17) is 5.73 Å². The number of piperidine rings is 1. The average molecular weight is 248 g/mol. The van der Waals surface area contributed by atoms with E-state index in [-0.39, 0.29) is 0 Å². The van der Waals surface area contributed by atoms with Gasteiger partial charge in [0, 0.05) is 19.1 Å². The summed E-state index contributed by atoms with van der Waals surface area (Å²) in [6, 6.07) is 4.22. The van der Waals surface area contributed by atoms with E-state index in [1.165, 1.54) is 0 Å². The summed E-state index contributed by atoms with van der Waals surface area (Å²) >= 11 is 0. The summed E-state index contributed by atoms with van der Waals surface area (Å²) in [6.07, 6.45) is 4.08. The Kier molecular flexibility index (Phi) is 4.09. The first-order valence-corrected chi connectivity index (χ1v) is 6.44. The number of pyridine rings is 1. The fourth-order valence-corrected chi connectivity index (χ4v) is 2.41. The second-order valence-corrected chi connectivity index (χ2v) is 4.98. The topological polar surface area (TPSA) is 65.6 Å². The molecule has 0 radical (unpaired) electrons. The molecule has 0 aromatic carbocycles. The van der Waals surface area contributed by atoms with E-state index >= 15 is 0 Å². The first kappa shape index (κ1) is 13.2. The molecule has 0 bridgehead atoms. The normalized spacial score (nSPS) is 20.2. The molecule has 18 heavy (non-hydrogen) atoms. The molecule has 2 rings (SSSR count). The van der Waals surface area contributed by atoms with E-state index in [0.717, 1.165) is 31.6 Å². The Labute approximate surface area is 109 Å². The number of nitrogens with two attached hydrogens (primary N) is 1.